The van der Waals surface area contributed by atoms with E-state index < -0.39 is 0 Å². The van der Waals surface area contributed by atoms with Gasteiger partial charge in [0.15, 0.2) is 0 Å². The number of hydrogen-bond donors (Lipinski definition) is 0. The minimum Gasteiger partial charge on any atom is -0.497 e. The van der Waals surface area contributed by atoms with Crippen molar-refractivity contribution in [2.45, 2.75) is 13.3 Å². The summed E-state index contributed by atoms with van der Waals surface area (Å²) in [6.07, 6.45) is 3.06. The zero-order chi connectivity index (χ0) is 18.8. The monoisotopic (exact) mass is 358 g/mol. The van der Waals surface area contributed by atoms with Crippen LogP contribution in [0, 0.1) is 0 Å². The fourth-order valence-electron chi connectivity index (χ4n) is 3.54. The smallest absolute Gasteiger partial charge is 0.139 e. The largest absolute Gasteiger partial charge is 0.497 e. The van der Waals surface area contributed by atoms with Crippen LogP contribution >= 0.6 is 0 Å². The molecule has 4 aromatic rings. The van der Waals surface area contributed by atoms with E-state index >= 15 is 0 Å². The first-order valence-electron chi connectivity index (χ1n) is 9.08. The molecular formula is C24H22O3. The van der Waals surface area contributed by atoms with Crippen molar-refractivity contribution >= 4 is 33.6 Å². The standard InChI is InChI=1S/C24H22O3/c1-4-16(13-17-9-5-7-11-21(17)26-3)20-14-18(25-2)15-23-24(20)19-10-6-8-12-22(19)27-23/h5-15H,4H2,1-3H3/b16-13+. The van der Waals surface area contributed by atoms with E-state index in [1.807, 2.05) is 42.5 Å². The number of rotatable bonds is 5. The fourth-order valence-corrected chi connectivity index (χ4v) is 3.54. The Bertz CT molecular complexity index is 1140. The number of ether oxygens (including phenoxy) is 2. The average molecular weight is 358 g/mol. The molecule has 136 valence electrons. The van der Waals surface area contributed by atoms with Gasteiger partial charge in [-0.3, -0.25) is 0 Å². The maximum atomic E-state index is 6.09. The highest BCUT2D eigenvalue weighted by Crippen LogP contribution is 2.39. The zero-order valence-corrected chi connectivity index (χ0v) is 15.8. The minimum atomic E-state index is 0.788. The van der Waals surface area contributed by atoms with Crippen LogP contribution in [0.5, 0.6) is 11.5 Å². The first-order chi connectivity index (χ1) is 13.2. The molecule has 27 heavy (non-hydrogen) atoms. The van der Waals surface area contributed by atoms with Gasteiger partial charge in [0, 0.05) is 22.4 Å². The normalized spacial score (nSPS) is 11.9. The Labute approximate surface area is 158 Å². The highest BCUT2D eigenvalue weighted by atomic mass is 16.5. The second-order valence-electron chi connectivity index (χ2n) is 6.41. The van der Waals surface area contributed by atoms with Crippen LogP contribution in [0.3, 0.4) is 0 Å². The second kappa shape index (κ2) is 7.20. The van der Waals surface area contributed by atoms with Gasteiger partial charge in [-0.25, -0.2) is 0 Å². The summed E-state index contributed by atoms with van der Waals surface area (Å²) in [4.78, 5) is 0. The van der Waals surface area contributed by atoms with Gasteiger partial charge in [0.25, 0.3) is 0 Å². The van der Waals surface area contributed by atoms with Crippen molar-refractivity contribution in [2.75, 3.05) is 14.2 Å². The Morgan fingerprint density at radius 3 is 2.48 bits per heavy atom. The lowest BCUT2D eigenvalue weighted by molar-refractivity contribution is 0.414. The molecular weight excluding hydrogens is 336 g/mol. The van der Waals surface area contributed by atoms with Crippen molar-refractivity contribution < 1.29 is 13.9 Å². The summed E-state index contributed by atoms with van der Waals surface area (Å²) < 4.78 is 17.2. The number of benzene rings is 3. The molecule has 0 radical (unpaired) electrons. The summed E-state index contributed by atoms with van der Waals surface area (Å²) in [6.45, 7) is 2.16. The molecule has 4 rings (SSSR count). The Morgan fingerprint density at radius 1 is 0.926 bits per heavy atom. The van der Waals surface area contributed by atoms with Gasteiger partial charge in [-0.05, 0) is 41.8 Å². The van der Waals surface area contributed by atoms with Gasteiger partial charge in [0.2, 0.25) is 0 Å². The van der Waals surface area contributed by atoms with Crippen molar-refractivity contribution in [1.29, 1.82) is 0 Å². The number of furan rings is 1. The third kappa shape index (κ3) is 3.06. The lowest BCUT2D eigenvalue weighted by Crippen LogP contribution is -1.91. The molecule has 0 fully saturated rings. The molecule has 3 heteroatoms. The summed E-state index contributed by atoms with van der Waals surface area (Å²) in [5.41, 5.74) is 5.11. The lowest BCUT2D eigenvalue weighted by Gasteiger charge is -2.11. The van der Waals surface area contributed by atoms with Crippen molar-refractivity contribution in [3.63, 3.8) is 0 Å². The molecule has 0 unspecified atom stereocenters. The van der Waals surface area contributed by atoms with E-state index in [0.717, 1.165) is 51.0 Å². The molecule has 0 aliphatic heterocycles. The van der Waals surface area contributed by atoms with E-state index in [9.17, 15) is 0 Å². The molecule has 0 N–H and O–H groups in total. The Morgan fingerprint density at radius 2 is 1.70 bits per heavy atom. The van der Waals surface area contributed by atoms with Crippen LogP contribution in [0.1, 0.15) is 24.5 Å². The number of methoxy groups -OCH3 is 2. The van der Waals surface area contributed by atoms with E-state index in [1.54, 1.807) is 14.2 Å². The van der Waals surface area contributed by atoms with Gasteiger partial charge in [0.1, 0.15) is 22.7 Å². The molecule has 0 amide bonds. The second-order valence-corrected chi connectivity index (χ2v) is 6.41. The molecule has 0 spiro atoms. The van der Waals surface area contributed by atoms with Crippen LogP contribution in [0.4, 0.5) is 0 Å². The minimum absolute atomic E-state index is 0.788. The third-order valence-electron chi connectivity index (χ3n) is 4.88. The topological polar surface area (TPSA) is 31.6 Å². The third-order valence-corrected chi connectivity index (χ3v) is 4.88. The van der Waals surface area contributed by atoms with E-state index in [0.29, 0.717) is 0 Å². The number of para-hydroxylation sites is 2. The van der Waals surface area contributed by atoms with E-state index in [1.165, 1.54) is 5.57 Å². The predicted molar refractivity (Wildman–Crippen MR) is 111 cm³/mol. The molecule has 3 nitrogen and oxygen atoms in total. The van der Waals surface area contributed by atoms with Crippen LogP contribution < -0.4 is 9.47 Å². The number of hydrogen-bond acceptors (Lipinski definition) is 3. The zero-order valence-electron chi connectivity index (χ0n) is 15.8. The van der Waals surface area contributed by atoms with Crippen molar-refractivity contribution in [2.24, 2.45) is 0 Å². The summed E-state index contributed by atoms with van der Waals surface area (Å²) >= 11 is 0. The Hall–Kier alpha value is -3.20. The van der Waals surface area contributed by atoms with E-state index in [2.05, 4.69) is 31.2 Å². The molecule has 0 bridgehead atoms. The molecule has 1 aromatic heterocycles. The summed E-state index contributed by atoms with van der Waals surface area (Å²) in [5.74, 6) is 1.65. The van der Waals surface area contributed by atoms with Gasteiger partial charge in [-0.1, -0.05) is 43.3 Å². The van der Waals surface area contributed by atoms with Crippen molar-refractivity contribution in [1.82, 2.24) is 0 Å². The van der Waals surface area contributed by atoms with Crippen LogP contribution in [0.25, 0.3) is 33.6 Å². The van der Waals surface area contributed by atoms with E-state index in [4.69, 9.17) is 13.9 Å². The van der Waals surface area contributed by atoms with Crippen LogP contribution in [-0.4, -0.2) is 14.2 Å². The highest BCUT2D eigenvalue weighted by Gasteiger charge is 2.15. The van der Waals surface area contributed by atoms with Gasteiger partial charge in [0.05, 0.1) is 14.2 Å². The van der Waals surface area contributed by atoms with Gasteiger partial charge in [-0.15, -0.1) is 0 Å². The SMILES string of the molecule is CC/C(=C\c1ccccc1OC)c1cc(OC)cc2oc3ccccc3c12. The molecule has 0 saturated carbocycles. The number of fused-ring (bicyclic) bond motifs is 3. The molecule has 1 heterocycles. The first-order valence-corrected chi connectivity index (χ1v) is 9.08. The van der Waals surface area contributed by atoms with Gasteiger partial charge < -0.3 is 13.9 Å². The van der Waals surface area contributed by atoms with Gasteiger partial charge in [-0.2, -0.15) is 0 Å². The van der Waals surface area contributed by atoms with E-state index in [-0.39, 0.29) is 0 Å². The van der Waals surface area contributed by atoms with Crippen LogP contribution in [0.15, 0.2) is 65.1 Å². The predicted octanol–water partition coefficient (Wildman–Crippen LogP) is 6.55. The van der Waals surface area contributed by atoms with Crippen molar-refractivity contribution in [3.05, 3.63) is 71.8 Å². The molecule has 0 saturated heterocycles. The van der Waals surface area contributed by atoms with Crippen LogP contribution in [-0.2, 0) is 0 Å². The summed E-state index contributed by atoms with van der Waals surface area (Å²) in [5, 5.41) is 2.24. The highest BCUT2D eigenvalue weighted by molar-refractivity contribution is 6.11. The maximum absolute atomic E-state index is 6.09. The maximum Gasteiger partial charge on any atom is 0.139 e. The van der Waals surface area contributed by atoms with Crippen molar-refractivity contribution in [3.8, 4) is 11.5 Å². The Balaban J connectivity index is 2.01. The molecule has 0 atom stereocenters. The summed E-state index contributed by atoms with van der Waals surface area (Å²) in [7, 11) is 3.38. The average Bonchev–Trinajstić information content (AvgIpc) is 3.10. The number of allylic oxidation sites excluding steroid dienone is 1. The lowest BCUT2D eigenvalue weighted by atomic mass is 9.95. The fraction of sp³-hybridized carbons (Fsp3) is 0.167. The Kier molecular flexibility index (Phi) is 4.59. The first kappa shape index (κ1) is 17.2. The van der Waals surface area contributed by atoms with Crippen LogP contribution in [0.2, 0.25) is 0 Å². The quantitative estimate of drug-likeness (QED) is 0.379. The molecule has 0 aliphatic rings. The summed E-state index contributed by atoms with van der Waals surface area (Å²) in [6, 6.07) is 20.2. The molecule has 0 aliphatic carbocycles. The van der Waals surface area contributed by atoms with Gasteiger partial charge >= 0.3 is 0 Å². The molecule has 3 aromatic carbocycles.